The van der Waals surface area contributed by atoms with Crippen molar-refractivity contribution < 1.29 is 4.79 Å². The molecule has 0 spiro atoms. The Balaban J connectivity index is 2.04. The van der Waals surface area contributed by atoms with Gasteiger partial charge in [0, 0.05) is 32.6 Å². The number of amides is 1. The lowest BCUT2D eigenvalue weighted by Gasteiger charge is -2.13. The molecule has 1 saturated carbocycles. The highest BCUT2D eigenvalue weighted by Crippen LogP contribution is 2.28. The first kappa shape index (κ1) is 17.8. The number of rotatable bonds is 8. The monoisotopic (exact) mass is 296 g/mol. The Bertz CT molecular complexity index is 322. The molecule has 0 bridgehead atoms. The molecule has 5 heteroatoms. The normalized spacial score (nSPS) is 16.3. The molecule has 1 aliphatic rings. The molecular formula is C16H32N4O. The summed E-state index contributed by atoms with van der Waals surface area (Å²) < 4.78 is 0. The summed E-state index contributed by atoms with van der Waals surface area (Å²) in [6.07, 6.45) is 8.65. The van der Waals surface area contributed by atoms with Gasteiger partial charge in [-0.2, -0.15) is 0 Å². The van der Waals surface area contributed by atoms with Crippen molar-refractivity contribution in [3.05, 3.63) is 0 Å². The van der Waals surface area contributed by atoms with E-state index in [-0.39, 0.29) is 11.9 Å². The zero-order valence-electron chi connectivity index (χ0n) is 13.9. The van der Waals surface area contributed by atoms with Gasteiger partial charge in [0.05, 0.1) is 0 Å². The fourth-order valence-corrected chi connectivity index (χ4v) is 2.81. The van der Waals surface area contributed by atoms with Crippen molar-refractivity contribution in [3.8, 4) is 0 Å². The molecule has 5 nitrogen and oxygen atoms in total. The van der Waals surface area contributed by atoms with E-state index in [0.29, 0.717) is 13.0 Å². The number of aliphatic imine (C=N–C) groups is 1. The molecular weight excluding hydrogens is 264 g/mol. The largest absolute Gasteiger partial charge is 0.356 e. The molecule has 21 heavy (non-hydrogen) atoms. The third-order valence-corrected chi connectivity index (χ3v) is 3.87. The molecule has 0 unspecified atom stereocenters. The van der Waals surface area contributed by atoms with Crippen LogP contribution in [-0.4, -0.2) is 38.0 Å². The van der Waals surface area contributed by atoms with Gasteiger partial charge in [0.15, 0.2) is 5.96 Å². The van der Waals surface area contributed by atoms with Crippen LogP contribution in [0.5, 0.6) is 0 Å². The fourth-order valence-electron chi connectivity index (χ4n) is 2.81. The maximum Gasteiger partial charge on any atom is 0.221 e. The number of nitrogens with one attached hydrogen (secondary N) is 3. The van der Waals surface area contributed by atoms with Crippen molar-refractivity contribution in [1.82, 2.24) is 16.0 Å². The average Bonchev–Trinajstić information content (AvgIpc) is 2.93. The predicted octanol–water partition coefficient (Wildman–Crippen LogP) is 2.04. The first-order chi connectivity index (χ1) is 10.1. The van der Waals surface area contributed by atoms with Gasteiger partial charge in [-0.1, -0.05) is 25.7 Å². The Hall–Kier alpha value is -1.26. The first-order valence-corrected chi connectivity index (χ1v) is 8.35. The second kappa shape index (κ2) is 10.5. The van der Waals surface area contributed by atoms with E-state index in [1.54, 1.807) is 7.05 Å². The number of hydrogen-bond donors (Lipinski definition) is 3. The van der Waals surface area contributed by atoms with Crippen LogP contribution in [-0.2, 0) is 4.79 Å². The SMILES string of the molecule is CN=C(NCCCC1CCCC1)NCCC(=O)NC(C)C. The lowest BCUT2D eigenvalue weighted by atomic mass is 10.0. The topological polar surface area (TPSA) is 65.5 Å². The van der Waals surface area contributed by atoms with Crippen molar-refractivity contribution in [2.24, 2.45) is 10.9 Å². The number of hydrogen-bond acceptors (Lipinski definition) is 2. The van der Waals surface area contributed by atoms with Crippen LogP contribution in [0, 0.1) is 5.92 Å². The first-order valence-electron chi connectivity index (χ1n) is 8.35. The molecule has 1 rings (SSSR count). The van der Waals surface area contributed by atoms with Crippen LogP contribution in [0.2, 0.25) is 0 Å². The van der Waals surface area contributed by atoms with Crippen LogP contribution >= 0.6 is 0 Å². The number of nitrogens with zero attached hydrogens (tertiary/aromatic N) is 1. The maximum absolute atomic E-state index is 11.5. The van der Waals surface area contributed by atoms with Crippen molar-refractivity contribution >= 4 is 11.9 Å². The molecule has 3 N–H and O–H groups in total. The smallest absolute Gasteiger partial charge is 0.221 e. The number of guanidine groups is 1. The predicted molar refractivity (Wildman–Crippen MR) is 88.5 cm³/mol. The molecule has 0 heterocycles. The average molecular weight is 296 g/mol. The van der Waals surface area contributed by atoms with Crippen molar-refractivity contribution in [2.45, 2.75) is 64.8 Å². The highest BCUT2D eigenvalue weighted by molar-refractivity contribution is 5.81. The van der Waals surface area contributed by atoms with Crippen LogP contribution in [0.15, 0.2) is 4.99 Å². The summed E-state index contributed by atoms with van der Waals surface area (Å²) in [5.41, 5.74) is 0. The van der Waals surface area contributed by atoms with Gasteiger partial charge in [-0.15, -0.1) is 0 Å². The van der Waals surface area contributed by atoms with E-state index < -0.39 is 0 Å². The maximum atomic E-state index is 11.5. The second-order valence-corrected chi connectivity index (χ2v) is 6.19. The third kappa shape index (κ3) is 8.58. The van der Waals surface area contributed by atoms with Crippen LogP contribution in [0.3, 0.4) is 0 Å². The molecule has 0 aromatic carbocycles. The van der Waals surface area contributed by atoms with E-state index in [0.717, 1.165) is 18.4 Å². The van der Waals surface area contributed by atoms with Crippen molar-refractivity contribution in [3.63, 3.8) is 0 Å². The number of carbonyl (C=O) groups is 1. The Morgan fingerprint density at radius 2 is 1.86 bits per heavy atom. The molecule has 1 amide bonds. The molecule has 0 aromatic rings. The summed E-state index contributed by atoms with van der Waals surface area (Å²) in [5, 5.41) is 9.37. The quantitative estimate of drug-likeness (QED) is 0.365. The van der Waals surface area contributed by atoms with Gasteiger partial charge in [-0.3, -0.25) is 9.79 Å². The molecule has 0 aliphatic heterocycles. The Labute approximate surface area is 129 Å². The number of carbonyl (C=O) groups excluding carboxylic acids is 1. The van der Waals surface area contributed by atoms with E-state index in [1.165, 1.54) is 38.5 Å². The zero-order chi connectivity index (χ0) is 15.5. The van der Waals surface area contributed by atoms with Gasteiger partial charge in [-0.05, 0) is 32.6 Å². The summed E-state index contributed by atoms with van der Waals surface area (Å²) in [6, 6.07) is 0.200. The Morgan fingerprint density at radius 3 is 2.48 bits per heavy atom. The summed E-state index contributed by atoms with van der Waals surface area (Å²) in [6.45, 7) is 5.50. The molecule has 0 aromatic heterocycles. The molecule has 122 valence electrons. The van der Waals surface area contributed by atoms with Gasteiger partial charge < -0.3 is 16.0 Å². The molecule has 1 fully saturated rings. The van der Waals surface area contributed by atoms with E-state index in [9.17, 15) is 4.79 Å². The van der Waals surface area contributed by atoms with Gasteiger partial charge in [0.1, 0.15) is 0 Å². The van der Waals surface area contributed by atoms with E-state index in [4.69, 9.17) is 0 Å². The summed E-state index contributed by atoms with van der Waals surface area (Å²) in [7, 11) is 1.76. The third-order valence-electron chi connectivity index (χ3n) is 3.87. The fraction of sp³-hybridized carbons (Fsp3) is 0.875. The minimum absolute atomic E-state index is 0.0780. The lowest BCUT2D eigenvalue weighted by Crippen LogP contribution is -2.40. The summed E-state index contributed by atoms with van der Waals surface area (Å²) in [4.78, 5) is 15.7. The van der Waals surface area contributed by atoms with Gasteiger partial charge in [-0.25, -0.2) is 0 Å². The van der Waals surface area contributed by atoms with E-state index >= 15 is 0 Å². The van der Waals surface area contributed by atoms with E-state index in [2.05, 4.69) is 20.9 Å². The lowest BCUT2D eigenvalue weighted by molar-refractivity contribution is -0.121. The molecule has 0 saturated heterocycles. The summed E-state index contributed by atoms with van der Waals surface area (Å²) in [5.74, 6) is 1.81. The van der Waals surface area contributed by atoms with Crippen LogP contribution in [0.1, 0.15) is 58.8 Å². The molecule has 1 aliphatic carbocycles. The van der Waals surface area contributed by atoms with E-state index in [1.807, 2.05) is 13.8 Å². The second-order valence-electron chi connectivity index (χ2n) is 6.19. The van der Waals surface area contributed by atoms with Gasteiger partial charge in [0.2, 0.25) is 5.91 Å². The van der Waals surface area contributed by atoms with Crippen molar-refractivity contribution in [2.75, 3.05) is 20.1 Å². The highest BCUT2D eigenvalue weighted by Gasteiger charge is 2.14. The minimum atomic E-state index is 0.0780. The van der Waals surface area contributed by atoms with Gasteiger partial charge >= 0.3 is 0 Å². The Morgan fingerprint density at radius 1 is 1.19 bits per heavy atom. The summed E-state index contributed by atoms with van der Waals surface area (Å²) >= 11 is 0. The van der Waals surface area contributed by atoms with Crippen molar-refractivity contribution in [1.29, 1.82) is 0 Å². The minimum Gasteiger partial charge on any atom is -0.356 e. The molecule has 0 atom stereocenters. The van der Waals surface area contributed by atoms with Crippen LogP contribution in [0.25, 0.3) is 0 Å². The Kier molecular flexibility index (Phi) is 8.87. The zero-order valence-corrected chi connectivity index (χ0v) is 13.9. The van der Waals surface area contributed by atoms with Gasteiger partial charge in [0.25, 0.3) is 0 Å². The van der Waals surface area contributed by atoms with Crippen LogP contribution in [0.4, 0.5) is 0 Å². The van der Waals surface area contributed by atoms with Crippen LogP contribution < -0.4 is 16.0 Å². The molecule has 0 radical (unpaired) electrons. The standard InChI is InChI=1S/C16H32N4O/c1-13(2)20-15(21)10-12-19-16(17-3)18-11-6-9-14-7-4-5-8-14/h13-14H,4-12H2,1-3H3,(H,20,21)(H2,17,18,19). The highest BCUT2D eigenvalue weighted by atomic mass is 16.1.